The number of halogens is 1. The molecule has 1 heterocycles. The highest BCUT2D eigenvalue weighted by Crippen LogP contribution is 2.28. The first-order chi connectivity index (χ1) is 15.9. The molecule has 166 valence electrons. The molecule has 1 aliphatic rings. The number of esters is 1. The Bertz CT molecular complexity index is 1290. The van der Waals surface area contributed by atoms with Crippen LogP contribution < -0.4 is 9.64 Å². The number of carbonyl (C=O) groups is 2. The Kier molecular flexibility index (Phi) is 6.91. The average molecular weight is 478 g/mol. The van der Waals surface area contributed by atoms with Crippen LogP contribution in [0.1, 0.15) is 27.0 Å². The first-order valence-corrected chi connectivity index (χ1v) is 11.5. The van der Waals surface area contributed by atoms with Crippen molar-refractivity contribution in [2.75, 3.05) is 10.7 Å². The maximum Gasteiger partial charge on any atom is 0.343 e. The van der Waals surface area contributed by atoms with Crippen molar-refractivity contribution in [3.05, 3.63) is 94.0 Å². The minimum atomic E-state index is -0.438. The molecule has 8 heteroatoms. The van der Waals surface area contributed by atoms with Gasteiger partial charge in [-0.25, -0.2) is 4.79 Å². The number of aryl methyl sites for hydroxylation is 1. The number of anilines is 1. The molecule has 1 fully saturated rings. The van der Waals surface area contributed by atoms with Crippen molar-refractivity contribution >= 4 is 52.3 Å². The molecule has 33 heavy (non-hydrogen) atoms. The summed E-state index contributed by atoms with van der Waals surface area (Å²) in [5, 5.41) is 9.36. The summed E-state index contributed by atoms with van der Waals surface area (Å²) in [6, 6.07) is 19.6. The summed E-state index contributed by atoms with van der Waals surface area (Å²) >= 11 is 7.36. The highest BCUT2D eigenvalue weighted by atomic mass is 35.5. The van der Waals surface area contributed by atoms with E-state index in [2.05, 4.69) is 10.2 Å². The molecule has 1 amide bonds. The van der Waals surface area contributed by atoms with Crippen molar-refractivity contribution in [3.8, 4) is 5.75 Å². The number of ether oxygens (including phenoxy) is 1. The Balaban J connectivity index is 1.56. The topological polar surface area (TPSA) is 71.3 Å². The van der Waals surface area contributed by atoms with Crippen LogP contribution in [0.3, 0.4) is 0 Å². The van der Waals surface area contributed by atoms with Crippen molar-refractivity contribution in [2.24, 2.45) is 10.2 Å². The van der Waals surface area contributed by atoms with E-state index in [4.69, 9.17) is 16.3 Å². The molecule has 6 nitrogen and oxygen atoms in total. The molecule has 4 rings (SSSR count). The van der Waals surface area contributed by atoms with Crippen LogP contribution >= 0.6 is 23.4 Å². The lowest BCUT2D eigenvalue weighted by Crippen LogP contribution is -2.29. The molecule has 0 unspecified atom stereocenters. The molecule has 0 saturated carbocycles. The number of rotatable bonds is 5. The van der Waals surface area contributed by atoms with Gasteiger partial charge in [-0.05, 0) is 61.4 Å². The molecule has 0 bridgehead atoms. The fourth-order valence-corrected chi connectivity index (χ4v) is 4.26. The van der Waals surface area contributed by atoms with Crippen molar-refractivity contribution in [1.82, 2.24) is 0 Å². The molecular formula is C25H20ClN3O3S. The number of amides is 1. The fraction of sp³-hybridized carbons (Fsp3) is 0.120. The van der Waals surface area contributed by atoms with E-state index in [-0.39, 0.29) is 11.7 Å². The zero-order valence-electron chi connectivity index (χ0n) is 18.0. The quantitative estimate of drug-likeness (QED) is 0.206. The number of hydrogen-bond acceptors (Lipinski definition) is 6. The van der Waals surface area contributed by atoms with Crippen molar-refractivity contribution in [2.45, 2.75) is 13.8 Å². The molecule has 0 aliphatic carbocycles. The van der Waals surface area contributed by atoms with Crippen LogP contribution in [-0.2, 0) is 4.79 Å². The first kappa shape index (κ1) is 22.8. The fourth-order valence-electron chi connectivity index (χ4n) is 3.25. The summed E-state index contributed by atoms with van der Waals surface area (Å²) in [4.78, 5) is 26.6. The standard InChI is InChI=1S/C25H20ClN3O3S/c1-16-7-5-11-21(17(16)2)24(31)32-22-12-4-3-8-18(22)14-27-28-25-29(23(30)15-33-25)20-10-6-9-19(26)13-20/h3-14H,15H2,1-2H3/b27-14+,28-25-. The Labute approximate surface area is 200 Å². The monoisotopic (exact) mass is 477 g/mol. The molecule has 1 aliphatic heterocycles. The number of thioether (sulfide) groups is 1. The van der Waals surface area contributed by atoms with Crippen LogP contribution in [-0.4, -0.2) is 29.0 Å². The number of nitrogens with zero attached hydrogens (tertiary/aromatic N) is 3. The van der Waals surface area contributed by atoms with Crippen LogP contribution in [0, 0.1) is 13.8 Å². The van der Waals surface area contributed by atoms with E-state index in [1.807, 2.05) is 32.0 Å². The predicted molar refractivity (Wildman–Crippen MR) is 134 cm³/mol. The van der Waals surface area contributed by atoms with Crippen molar-refractivity contribution in [1.29, 1.82) is 0 Å². The number of hydrogen-bond donors (Lipinski definition) is 0. The number of amidine groups is 1. The Morgan fingerprint density at radius 2 is 1.88 bits per heavy atom. The minimum absolute atomic E-state index is 0.0981. The van der Waals surface area contributed by atoms with Gasteiger partial charge in [-0.15, -0.1) is 5.10 Å². The zero-order valence-corrected chi connectivity index (χ0v) is 19.6. The second-order valence-corrected chi connectivity index (χ2v) is 8.68. The third-order valence-electron chi connectivity index (χ3n) is 5.12. The highest BCUT2D eigenvalue weighted by Gasteiger charge is 2.30. The third-order valence-corrected chi connectivity index (χ3v) is 6.27. The average Bonchev–Trinajstić information content (AvgIpc) is 3.17. The van der Waals surface area contributed by atoms with Gasteiger partial charge in [0.2, 0.25) is 5.91 Å². The summed E-state index contributed by atoms with van der Waals surface area (Å²) in [7, 11) is 0. The summed E-state index contributed by atoms with van der Waals surface area (Å²) in [6.45, 7) is 3.84. The van der Waals surface area contributed by atoms with Gasteiger partial charge < -0.3 is 4.74 Å². The second-order valence-electron chi connectivity index (χ2n) is 7.30. The molecule has 0 N–H and O–H groups in total. The van der Waals surface area contributed by atoms with Crippen LogP contribution in [0.25, 0.3) is 0 Å². The van der Waals surface area contributed by atoms with Gasteiger partial charge in [0.25, 0.3) is 0 Å². The van der Waals surface area contributed by atoms with Gasteiger partial charge in [-0.1, -0.05) is 53.7 Å². The molecule has 0 spiro atoms. The van der Waals surface area contributed by atoms with E-state index < -0.39 is 5.97 Å². The number of carbonyl (C=O) groups excluding carboxylic acids is 2. The molecule has 3 aromatic rings. The van der Waals surface area contributed by atoms with E-state index in [0.29, 0.717) is 32.8 Å². The molecule has 0 radical (unpaired) electrons. The summed E-state index contributed by atoms with van der Waals surface area (Å²) in [6.07, 6.45) is 1.50. The smallest absolute Gasteiger partial charge is 0.343 e. The van der Waals surface area contributed by atoms with Gasteiger partial charge in [0.1, 0.15) is 5.75 Å². The number of benzene rings is 3. The Hall–Kier alpha value is -3.42. The lowest BCUT2D eigenvalue weighted by atomic mass is 10.0. The lowest BCUT2D eigenvalue weighted by Gasteiger charge is -2.15. The van der Waals surface area contributed by atoms with Crippen LogP contribution in [0.15, 0.2) is 76.9 Å². The Morgan fingerprint density at radius 1 is 1.09 bits per heavy atom. The van der Waals surface area contributed by atoms with Crippen molar-refractivity contribution < 1.29 is 14.3 Å². The highest BCUT2D eigenvalue weighted by molar-refractivity contribution is 8.15. The van der Waals surface area contributed by atoms with Crippen molar-refractivity contribution in [3.63, 3.8) is 0 Å². The maximum atomic E-state index is 12.7. The zero-order chi connectivity index (χ0) is 23.4. The summed E-state index contributed by atoms with van der Waals surface area (Å²) < 4.78 is 5.65. The molecule has 3 aromatic carbocycles. The predicted octanol–water partition coefficient (Wildman–Crippen LogP) is 5.65. The van der Waals surface area contributed by atoms with E-state index >= 15 is 0 Å². The third kappa shape index (κ3) is 5.16. The number of para-hydroxylation sites is 1. The van der Waals surface area contributed by atoms with Gasteiger partial charge in [-0.2, -0.15) is 5.10 Å². The normalized spacial score (nSPS) is 14.9. The summed E-state index contributed by atoms with van der Waals surface area (Å²) in [5.74, 6) is 0.103. The lowest BCUT2D eigenvalue weighted by molar-refractivity contribution is -0.115. The minimum Gasteiger partial charge on any atom is -0.422 e. The van der Waals surface area contributed by atoms with E-state index in [0.717, 1.165) is 11.1 Å². The molecule has 0 atom stereocenters. The molecule has 0 aromatic heterocycles. The first-order valence-electron chi connectivity index (χ1n) is 10.1. The van der Waals surface area contributed by atoms with E-state index in [1.165, 1.54) is 22.9 Å². The van der Waals surface area contributed by atoms with Crippen LogP contribution in [0.5, 0.6) is 5.75 Å². The van der Waals surface area contributed by atoms with Crippen LogP contribution in [0.2, 0.25) is 5.02 Å². The SMILES string of the molecule is Cc1cccc(C(=O)Oc2ccccc2/C=N/N=C2\SCC(=O)N2c2cccc(Cl)c2)c1C. The molecular weight excluding hydrogens is 458 g/mol. The maximum absolute atomic E-state index is 12.7. The van der Waals surface area contributed by atoms with E-state index in [1.54, 1.807) is 48.5 Å². The van der Waals surface area contributed by atoms with Crippen LogP contribution in [0.4, 0.5) is 5.69 Å². The van der Waals surface area contributed by atoms with Gasteiger partial charge in [-0.3, -0.25) is 9.69 Å². The van der Waals surface area contributed by atoms with Gasteiger partial charge >= 0.3 is 5.97 Å². The molecule has 1 saturated heterocycles. The second kappa shape index (κ2) is 10.0. The van der Waals surface area contributed by atoms with Gasteiger partial charge in [0.05, 0.1) is 23.2 Å². The Morgan fingerprint density at radius 3 is 2.70 bits per heavy atom. The van der Waals surface area contributed by atoms with Gasteiger partial charge in [0, 0.05) is 10.6 Å². The largest absolute Gasteiger partial charge is 0.422 e. The van der Waals surface area contributed by atoms with E-state index in [9.17, 15) is 9.59 Å². The summed E-state index contributed by atoms with van der Waals surface area (Å²) in [5.41, 5.74) is 3.63. The van der Waals surface area contributed by atoms with Gasteiger partial charge in [0.15, 0.2) is 5.17 Å².